The van der Waals surface area contributed by atoms with E-state index < -0.39 is 18.0 Å². The molecule has 0 spiro atoms. The van der Waals surface area contributed by atoms with Crippen LogP contribution in [0.4, 0.5) is 10.5 Å². The molecule has 0 saturated heterocycles. The maximum absolute atomic E-state index is 12.1. The van der Waals surface area contributed by atoms with Gasteiger partial charge in [0.2, 0.25) is 11.8 Å². The summed E-state index contributed by atoms with van der Waals surface area (Å²) in [5.74, 6) is -0.891. The smallest absolute Gasteiger partial charge is 0.321 e. The first-order chi connectivity index (χ1) is 11.3. The molecule has 0 bridgehead atoms. The zero-order valence-electron chi connectivity index (χ0n) is 13.7. The fourth-order valence-electron chi connectivity index (χ4n) is 1.78. The van der Waals surface area contributed by atoms with Crippen molar-refractivity contribution < 1.29 is 14.4 Å². The van der Waals surface area contributed by atoms with Crippen LogP contribution in [0.5, 0.6) is 0 Å². The summed E-state index contributed by atoms with van der Waals surface area (Å²) in [4.78, 5) is 36.9. The van der Waals surface area contributed by atoms with E-state index in [-0.39, 0.29) is 12.5 Å². The third-order valence-corrected chi connectivity index (χ3v) is 3.86. The summed E-state index contributed by atoms with van der Waals surface area (Å²) in [6.07, 6.45) is 0. The average molecular weight is 375 g/mol. The summed E-state index contributed by atoms with van der Waals surface area (Å²) in [6, 6.07) is 3.63. The van der Waals surface area contributed by atoms with E-state index in [1.807, 2.05) is 0 Å². The third-order valence-electron chi connectivity index (χ3n) is 3.23. The standard InChI is InChI=1S/C15H20Cl2N4O3/c1-4-18-15(24)20-14(23)9(2)21(3)8-12(22)19-13-10(16)6-5-7-11(13)17/h5-7,9H,4,8H2,1-3H3,(H,19,22)(H2,18,20,23,24)/t9-/m1/s1. The number of hydrogen-bond acceptors (Lipinski definition) is 4. The van der Waals surface area contributed by atoms with Gasteiger partial charge in [-0.05, 0) is 33.0 Å². The lowest BCUT2D eigenvalue weighted by molar-refractivity contribution is -0.125. The molecule has 132 valence electrons. The molecule has 9 heteroatoms. The molecule has 0 radical (unpaired) electrons. The molecule has 3 N–H and O–H groups in total. The van der Waals surface area contributed by atoms with E-state index in [0.717, 1.165) is 0 Å². The Balaban J connectivity index is 2.60. The predicted molar refractivity (Wildman–Crippen MR) is 94.4 cm³/mol. The van der Waals surface area contributed by atoms with Crippen LogP contribution in [-0.2, 0) is 9.59 Å². The molecule has 0 unspecified atom stereocenters. The largest absolute Gasteiger partial charge is 0.338 e. The maximum atomic E-state index is 12.1. The molecule has 1 atom stereocenters. The van der Waals surface area contributed by atoms with Crippen LogP contribution < -0.4 is 16.0 Å². The average Bonchev–Trinajstić information content (AvgIpc) is 2.50. The number of carbonyl (C=O) groups is 3. The van der Waals surface area contributed by atoms with Gasteiger partial charge in [-0.25, -0.2) is 4.79 Å². The molecule has 1 aromatic rings. The normalized spacial score (nSPS) is 11.8. The van der Waals surface area contributed by atoms with Crippen LogP contribution >= 0.6 is 23.2 Å². The zero-order chi connectivity index (χ0) is 18.3. The lowest BCUT2D eigenvalue weighted by Gasteiger charge is -2.23. The molecule has 0 aromatic heterocycles. The van der Waals surface area contributed by atoms with Crippen molar-refractivity contribution in [2.45, 2.75) is 19.9 Å². The summed E-state index contributed by atoms with van der Waals surface area (Å²) in [6.45, 7) is 3.66. The number of hydrogen-bond donors (Lipinski definition) is 3. The molecule has 7 nitrogen and oxygen atoms in total. The summed E-state index contributed by atoms with van der Waals surface area (Å²) < 4.78 is 0. The van der Waals surface area contributed by atoms with Crippen molar-refractivity contribution in [2.75, 3.05) is 25.5 Å². The minimum Gasteiger partial charge on any atom is -0.338 e. The highest BCUT2D eigenvalue weighted by molar-refractivity contribution is 6.39. The van der Waals surface area contributed by atoms with Gasteiger partial charge in [0.25, 0.3) is 0 Å². The number of carbonyl (C=O) groups excluding carboxylic acids is 3. The number of anilines is 1. The van der Waals surface area contributed by atoms with E-state index in [4.69, 9.17) is 23.2 Å². The van der Waals surface area contributed by atoms with Gasteiger partial charge in [0.15, 0.2) is 0 Å². The summed E-state index contributed by atoms with van der Waals surface area (Å²) in [5.41, 5.74) is 0.318. The molecule has 0 aliphatic carbocycles. The number of likely N-dealkylation sites (N-methyl/N-ethyl adjacent to an activating group) is 1. The third kappa shape index (κ3) is 5.99. The van der Waals surface area contributed by atoms with Gasteiger partial charge in [-0.2, -0.15) is 0 Å². The number of halogens is 2. The number of imide groups is 1. The number of nitrogens with one attached hydrogen (secondary N) is 3. The van der Waals surface area contributed by atoms with Crippen LogP contribution in [0, 0.1) is 0 Å². The lowest BCUT2D eigenvalue weighted by Crippen LogP contribution is -2.50. The molecule has 1 aromatic carbocycles. The number of para-hydroxylation sites is 1. The van der Waals surface area contributed by atoms with Gasteiger partial charge < -0.3 is 10.6 Å². The Morgan fingerprint density at radius 3 is 2.33 bits per heavy atom. The molecule has 0 fully saturated rings. The second kappa shape index (κ2) is 9.46. The van der Waals surface area contributed by atoms with Gasteiger partial charge in [-0.15, -0.1) is 0 Å². The molecule has 24 heavy (non-hydrogen) atoms. The number of rotatable bonds is 6. The van der Waals surface area contributed by atoms with Crippen LogP contribution in [0.3, 0.4) is 0 Å². The summed E-state index contributed by atoms with van der Waals surface area (Å²) in [5, 5.41) is 7.90. The first kappa shape index (κ1) is 20.2. The first-order valence-electron chi connectivity index (χ1n) is 7.29. The molecular weight excluding hydrogens is 355 g/mol. The van der Waals surface area contributed by atoms with Crippen molar-refractivity contribution in [2.24, 2.45) is 0 Å². The van der Waals surface area contributed by atoms with Crippen molar-refractivity contribution in [1.29, 1.82) is 0 Å². The van der Waals surface area contributed by atoms with Crippen LogP contribution in [0.15, 0.2) is 18.2 Å². The first-order valence-corrected chi connectivity index (χ1v) is 8.04. The fraction of sp³-hybridized carbons (Fsp3) is 0.400. The molecule has 0 aliphatic heterocycles. The monoisotopic (exact) mass is 374 g/mol. The lowest BCUT2D eigenvalue weighted by atomic mass is 10.2. The Hall–Kier alpha value is -1.83. The Morgan fingerprint density at radius 1 is 1.21 bits per heavy atom. The van der Waals surface area contributed by atoms with E-state index in [0.29, 0.717) is 22.3 Å². The van der Waals surface area contributed by atoms with E-state index in [1.165, 1.54) is 4.90 Å². The Kier molecular flexibility index (Phi) is 7.97. The van der Waals surface area contributed by atoms with Crippen molar-refractivity contribution >= 4 is 46.7 Å². The maximum Gasteiger partial charge on any atom is 0.321 e. The minimum absolute atomic E-state index is 0.0778. The number of amides is 4. The van der Waals surface area contributed by atoms with E-state index in [1.54, 1.807) is 39.1 Å². The summed E-state index contributed by atoms with van der Waals surface area (Å²) >= 11 is 12.0. The quantitative estimate of drug-likeness (QED) is 0.710. The number of benzene rings is 1. The van der Waals surface area contributed by atoms with Gasteiger partial charge in [0.1, 0.15) is 0 Å². The second-order valence-corrected chi connectivity index (χ2v) is 5.90. The Morgan fingerprint density at radius 2 is 1.79 bits per heavy atom. The SMILES string of the molecule is CCNC(=O)NC(=O)[C@@H](C)N(C)CC(=O)Nc1c(Cl)cccc1Cl. The van der Waals surface area contributed by atoms with E-state index in [2.05, 4.69) is 16.0 Å². The Labute approximate surface area is 150 Å². The van der Waals surface area contributed by atoms with Crippen LogP contribution in [0.1, 0.15) is 13.8 Å². The molecule has 0 aliphatic rings. The number of urea groups is 1. The van der Waals surface area contributed by atoms with Crippen LogP contribution in [-0.4, -0.2) is 48.9 Å². The second-order valence-electron chi connectivity index (χ2n) is 5.08. The molecule has 0 saturated carbocycles. The van der Waals surface area contributed by atoms with E-state index in [9.17, 15) is 14.4 Å². The highest BCUT2D eigenvalue weighted by Crippen LogP contribution is 2.29. The predicted octanol–water partition coefficient (Wildman–Crippen LogP) is 2.10. The zero-order valence-corrected chi connectivity index (χ0v) is 15.2. The molecule has 0 heterocycles. The Bertz CT molecular complexity index is 604. The van der Waals surface area contributed by atoms with Gasteiger partial charge in [0.05, 0.1) is 28.3 Å². The number of nitrogens with zero attached hydrogens (tertiary/aromatic N) is 1. The molecule has 1 rings (SSSR count). The topological polar surface area (TPSA) is 90.5 Å². The van der Waals surface area contributed by atoms with Gasteiger partial charge in [0, 0.05) is 6.54 Å². The van der Waals surface area contributed by atoms with Crippen molar-refractivity contribution in [1.82, 2.24) is 15.5 Å². The van der Waals surface area contributed by atoms with Crippen LogP contribution in [0.2, 0.25) is 10.0 Å². The van der Waals surface area contributed by atoms with Gasteiger partial charge in [-0.3, -0.25) is 19.8 Å². The van der Waals surface area contributed by atoms with Gasteiger partial charge in [-0.1, -0.05) is 29.3 Å². The van der Waals surface area contributed by atoms with Gasteiger partial charge >= 0.3 is 6.03 Å². The molecular formula is C15H20Cl2N4O3. The highest BCUT2D eigenvalue weighted by Gasteiger charge is 2.22. The highest BCUT2D eigenvalue weighted by atomic mass is 35.5. The van der Waals surface area contributed by atoms with Crippen molar-refractivity contribution in [3.8, 4) is 0 Å². The molecule has 4 amide bonds. The summed E-state index contributed by atoms with van der Waals surface area (Å²) in [7, 11) is 1.59. The van der Waals surface area contributed by atoms with Crippen molar-refractivity contribution in [3.63, 3.8) is 0 Å². The van der Waals surface area contributed by atoms with E-state index >= 15 is 0 Å². The minimum atomic E-state index is -0.680. The van der Waals surface area contributed by atoms with Crippen LogP contribution in [0.25, 0.3) is 0 Å². The fourth-order valence-corrected chi connectivity index (χ4v) is 2.27. The van der Waals surface area contributed by atoms with Crippen molar-refractivity contribution in [3.05, 3.63) is 28.2 Å².